The molecular weight excluding hydrogens is 573 g/mol. The summed E-state index contributed by atoms with van der Waals surface area (Å²) in [4.78, 5) is 0. The van der Waals surface area contributed by atoms with Crippen LogP contribution in [0.5, 0.6) is 0 Å². The van der Waals surface area contributed by atoms with Gasteiger partial charge in [0.25, 0.3) is 0 Å². The van der Waals surface area contributed by atoms with Gasteiger partial charge in [0.15, 0.2) is 0 Å². The summed E-state index contributed by atoms with van der Waals surface area (Å²) in [5.41, 5.74) is 10.3. The zero-order chi connectivity index (χ0) is 31.1. The van der Waals surface area contributed by atoms with E-state index in [2.05, 4.69) is 171 Å². The highest BCUT2D eigenvalue weighted by Gasteiger charge is 2.24. The quantitative estimate of drug-likeness (QED) is 0.199. The van der Waals surface area contributed by atoms with Gasteiger partial charge in [-0.05, 0) is 60.7 Å². The maximum absolute atomic E-state index is 11.0. The highest BCUT2D eigenvalue weighted by Crippen LogP contribution is 2.44. The van der Waals surface area contributed by atoms with E-state index in [9.17, 15) is 5.26 Å². The molecule has 0 saturated carbocycles. The Kier molecular flexibility index (Phi) is 5.32. The van der Waals surface area contributed by atoms with Crippen molar-refractivity contribution < 1.29 is 0 Å². The molecule has 10 aromatic rings. The van der Waals surface area contributed by atoms with Gasteiger partial charge in [0.2, 0.25) is 0 Å². The molecule has 4 heteroatoms. The Bertz CT molecular complexity index is 2900. The Hall–Kier alpha value is -6.57. The Morgan fingerprint density at radius 3 is 1.51 bits per heavy atom. The molecule has 0 N–H and O–H groups in total. The zero-order valence-electron chi connectivity index (χ0n) is 25.3. The fourth-order valence-electron chi connectivity index (χ4n) is 7.82. The maximum Gasteiger partial charge on any atom is 0.102 e. The third-order valence-electron chi connectivity index (χ3n) is 9.67. The van der Waals surface area contributed by atoms with Crippen LogP contribution in [-0.2, 0) is 0 Å². The van der Waals surface area contributed by atoms with Crippen LogP contribution >= 0.6 is 0 Å². The molecule has 0 aliphatic rings. The van der Waals surface area contributed by atoms with Crippen molar-refractivity contribution in [2.75, 3.05) is 0 Å². The molecule has 10 rings (SSSR count). The third-order valence-corrected chi connectivity index (χ3v) is 9.67. The standard InChI is InChI=1S/C43H26N4/c44-27-34-38(25-26-39-41(34)32-18-8-11-21-36(32)45(39)28-13-3-1-4-14-28)47-37-22-12-9-19-33(37)42-40(47)24-23-31-30-17-7-10-20-35(30)46(43(31)42)29-15-5-2-6-16-29/h1-26H. The number of aromatic nitrogens is 3. The van der Waals surface area contributed by atoms with Crippen molar-refractivity contribution in [1.82, 2.24) is 13.7 Å². The van der Waals surface area contributed by atoms with Crippen LogP contribution in [0.3, 0.4) is 0 Å². The lowest BCUT2D eigenvalue weighted by Gasteiger charge is -2.13. The minimum absolute atomic E-state index is 0.666. The van der Waals surface area contributed by atoms with Crippen molar-refractivity contribution >= 4 is 65.4 Å². The molecule has 4 nitrogen and oxygen atoms in total. The fourth-order valence-corrected chi connectivity index (χ4v) is 7.82. The molecule has 0 bridgehead atoms. The SMILES string of the molecule is N#Cc1c(-n2c3ccccc3c3c2ccc2c4ccccc4n(-c4ccccc4)c23)ccc2c1c1ccccc1n2-c1ccccc1. The van der Waals surface area contributed by atoms with Gasteiger partial charge in [-0.25, -0.2) is 0 Å². The summed E-state index contributed by atoms with van der Waals surface area (Å²) in [6.07, 6.45) is 0. The lowest BCUT2D eigenvalue weighted by atomic mass is 10.0. The van der Waals surface area contributed by atoms with E-state index in [1.165, 1.54) is 27.2 Å². The number of hydrogen-bond donors (Lipinski definition) is 0. The molecular formula is C43H26N4. The van der Waals surface area contributed by atoms with Crippen LogP contribution in [0.2, 0.25) is 0 Å². The summed E-state index contributed by atoms with van der Waals surface area (Å²) in [6.45, 7) is 0. The van der Waals surface area contributed by atoms with Crippen molar-refractivity contribution in [2.24, 2.45) is 0 Å². The molecule has 0 atom stereocenters. The van der Waals surface area contributed by atoms with Crippen LogP contribution < -0.4 is 0 Å². The van der Waals surface area contributed by atoms with Gasteiger partial charge < -0.3 is 13.7 Å². The van der Waals surface area contributed by atoms with E-state index in [1.807, 2.05) is 6.07 Å². The first kappa shape index (κ1) is 25.7. The summed E-state index contributed by atoms with van der Waals surface area (Å²) in [5.74, 6) is 0. The molecule has 0 aliphatic heterocycles. The van der Waals surface area contributed by atoms with E-state index in [0.717, 1.165) is 55.3 Å². The smallest absolute Gasteiger partial charge is 0.102 e. The third kappa shape index (κ3) is 3.46. The normalized spacial score (nSPS) is 11.8. The summed E-state index contributed by atoms with van der Waals surface area (Å²) >= 11 is 0. The molecule has 3 aromatic heterocycles. The molecule has 3 heterocycles. The van der Waals surface area contributed by atoms with Gasteiger partial charge in [0.05, 0.1) is 44.4 Å². The van der Waals surface area contributed by atoms with Gasteiger partial charge in [-0.2, -0.15) is 5.26 Å². The van der Waals surface area contributed by atoms with Crippen LogP contribution in [0.4, 0.5) is 0 Å². The monoisotopic (exact) mass is 598 g/mol. The zero-order valence-corrected chi connectivity index (χ0v) is 25.3. The van der Waals surface area contributed by atoms with Crippen molar-refractivity contribution in [3.63, 3.8) is 0 Å². The van der Waals surface area contributed by atoms with E-state index >= 15 is 0 Å². The number of hydrogen-bond acceptors (Lipinski definition) is 1. The molecule has 47 heavy (non-hydrogen) atoms. The molecule has 0 fully saturated rings. The first-order chi connectivity index (χ1) is 23.3. The highest BCUT2D eigenvalue weighted by molar-refractivity contribution is 6.26. The Balaban J connectivity index is 1.38. The van der Waals surface area contributed by atoms with Gasteiger partial charge in [0.1, 0.15) is 6.07 Å². The van der Waals surface area contributed by atoms with Gasteiger partial charge in [-0.15, -0.1) is 0 Å². The van der Waals surface area contributed by atoms with E-state index in [0.29, 0.717) is 5.56 Å². The van der Waals surface area contributed by atoms with Crippen LogP contribution in [0.15, 0.2) is 158 Å². The minimum Gasteiger partial charge on any atom is -0.309 e. The largest absolute Gasteiger partial charge is 0.309 e. The number of benzene rings is 7. The number of nitriles is 1. The van der Waals surface area contributed by atoms with Crippen LogP contribution in [0.1, 0.15) is 5.56 Å². The summed E-state index contributed by atoms with van der Waals surface area (Å²) in [5, 5.41) is 17.8. The van der Waals surface area contributed by atoms with Crippen molar-refractivity contribution in [1.29, 1.82) is 5.26 Å². The van der Waals surface area contributed by atoms with E-state index < -0.39 is 0 Å². The Morgan fingerprint density at radius 2 is 0.851 bits per heavy atom. The van der Waals surface area contributed by atoms with E-state index in [1.54, 1.807) is 0 Å². The second kappa shape index (κ2) is 9.71. The summed E-state index contributed by atoms with van der Waals surface area (Å²) in [7, 11) is 0. The number of para-hydroxylation sites is 5. The van der Waals surface area contributed by atoms with Gasteiger partial charge in [-0.1, -0.05) is 97.1 Å². The predicted octanol–water partition coefficient (Wildman–Crippen LogP) is 10.8. The minimum atomic E-state index is 0.666. The average Bonchev–Trinajstić information content (AvgIpc) is 3.77. The predicted molar refractivity (Wildman–Crippen MR) is 194 cm³/mol. The molecule has 0 saturated heterocycles. The number of fused-ring (bicyclic) bond motifs is 10. The van der Waals surface area contributed by atoms with Crippen molar-refractivity contribution in [3.05, 3.63) is 163 Å². The molecule has 0 aliphatic carbocycles. The Labute approximate surface area is 270 Å². The van der Waals surface area contributed by atoms with Gasteiger partial charge in [-0.3, -0.25) is 0 Å². The molecule has 0 amide bonds. The first-order valence-electron chi connectivity index (χ1n) is 15.9. The Morgan fingerprint density at radius 1 is 0.362 bits per heavy atom. The molecule has 0 radical (unpaired) electrons. The second-order valence-electron chi connectivity index (χ2n) is 12.1. The van der Waals surface area contributed by atoms with Crippen LogP contribution in [0.25, 0.3) is 82.5 Å². The highest BCUT2D eigenvalue weighted by atomic mass is 15.0. The molecule has 0 spiro atoms. The van der Waals surface area contributed by atoms with Crippen molar-refractivity contribution in [3.8, 4) is 23.1 Å². The first-order valence-corrected chi connectivity index (χ1v) is 15.9. The summed E-state index contributed by atoms with van der Waals surface area (Å²) in [6, 6.07) is 58.1. The lowest BCUT2D eigenvalue weighted by Crippen LogP contribution is -1.99. The molecule has 218 valence electrons. The lowest BCUT2D eigenvalue weighted by molar-refractivity contribution is 1.16. The molecule has 0 unspecified atom stereocenters. The number of nitrogens with zero attached hydrogens (tertiary/aromatic N) is 4. The van der Waals surface area contributed by atoms with Crippen LogP contribution in [0, 0.1) is 11.3 Å². The average molecular weight is 599 g/mol. The van der Waals surface area contributed by atoms with E-state index in [4.69, 9.17) is 0 Å². The van der Waals surface area contributed by atoms with E-state index in [-0.39, 0.29) is 0 Å². The van der Waals surface area contributed by atoms with Gasteiger partial charge >= 0.3 is 0 Å². The summed E-state index contributed by atoms with van der Waals surface area (Å²) < 4.78 is 6.96. The fraction of sp³-hybridized carbons (Fsp3) is 0. The second-order valence-corrected chi connectivity index (χ2v) is 12.1. The maximum atomic E-state index is 11.0. The molecule has 7 aromatic carbocycles. The van der Waals surface area contributed by atoms with Gasteiger partial charge in [0, 0.05) is 43.7 Å². The van der Waals surface area contributed by atoms with Crippen molar-refractivity contribution in [2.45, 2.75) is 0 Å². The van der Waals surface area contributed by atoms with Crippen LogP contribution in [-0.4, -0.2) is 13.7 Å². The number of rotatable bonds is 3. The topological polar surface area (TPSA) is 38.6 Å².